The average Bonchev–Trinajstić information content (AvgIpc) is 4.16. The highest BCUT2D eigenvalue weighted by Crippen LogP contribution is 2.34. The number of anilines is 2. The lowest BCUT2D eigenvalue weighted by molar-refractivity contribution is 0.0957. The molecule has 10 rings (SSSR count). The van der Waals surface area contributed by atoms with Crippen molar-refractivity contribution in [3.05, 3.63) is 118 Å². The van der Waals surface area contributed by atoms with E-state index < -0.39 is 11.6 Å². The average molecular weight is 827 g/mol. The minimum atomic E-state index is -0.560. The molecule has 0 bridgehead atoms. The molecule has 1 unspecified atom stereocenters. The molecule has 0 spiro atoms. The maximum Gasteiger partial charge on any atom is 0.255 e. The number of pyridine rings is 2. The van der Waals surface area contributed by atoms with E-state index in [0.717, 1.165) is 25.9 Å². The highest BCUT2D eigenvalue weighted by molar-refractivity contribution is 6.02. The predicted molar refractivity (Wildman–Crippen MR) is 217 cm³/mol. The SMILES string of the molecule is N#Cc1cccc(F)c1-c1cc(-n2ccc(N3CCC(C#N)C3)n2)c2c(n1)CNC2=O.N#Cc1cccc(F)c1-c1cc(-n2ccc(N3CC[C@H](C#N)C3)n2)c2c(n1)CNC2=O. The second-order valence-electron chi connectivity index (χ2n) is 15.0. The third kappa shape index (κ3) is 6.95. The molecule has 2 fully saturated rings. The van der Waals surface area contributed by atoms with Crippen LogP contribution in [0.2, 0.25) is 0 Å². The Morgan fingerprint density at radius 3 is 1.44 bits per heavy atom. The van der Waals surface area contributed by atoms with Crippen LogP contribution in [-0.4, -0.2) is 67.5 Å². The van der Waals surface area contributed by atoms with Gasteiger partial charge in [-0.05, 0) is 49.2 Å². The number of carbonyl (C=O) groups excluding carboxylic acids is 2. The van der Waals surface area contributed by atoms with Crippen molar-refractivity contribution in [1.82, 2.24) is 40.2 Å². The van der Waals surface area contributed by atoms with Crippen LogP contribution in [0.3, 0.4) is 0 Å². The summed E-state index contributed by atoms with van der Waals surface area (Å²) in [5.74, 6) is -0.331. The number of aromatic nitrogens is 6. The number of halogens is 2. The molecule has 304 valence electrons. The summed E-state index contributed by atoms with van der Waals surface area (Å²) >= 11 is 0. The van der Waals surface area contributed by atoms with E-state index in [1.54, 1.807) is 33.9 Å². The molecule has 2 saturated heterocycles. The molecule has 2 aromatic carbocycles. The van der Waals surface area contributed by atoms with Crippen LogP contribution in [0.25, 0.3) is 33.9 Å². The van der Waals surface area contributed by atoms with Gasteiger partial charge in [-0.2, -0.15) is 31.2 Å². The zero-order valence-electron chi connectivity index (χ0n) is 32.7. The number of hydrogen-bond donors (Lipinski definition) is 2. The molecular formula is C44H32F2N14O2. The number of hydrogen-bond acceptors (Lipinski definition) is 12. The zero-order chi connectivity index (χ0) is 43.1. The molecule has 18 heteroatoms. The summed E-state index contributed by atoms with van der Waals surface area (Å²) in [7, 11) is 0. The Balaban J connectivity index is 0.000000158. The molecule has 8 heterocycles. The lowest BCUT2D eigenvalue weighted by Crippen LogP contribution is -2.20. The summed E-state index contributed by atoms with van der Waals surface area (Å²) in [5, 5.41) is 51.9. The van der Waals surface area contributed by atoms with Gasteiger partial charge in [0, 0.05) is 50.7 Å². The number of nitriles is 4. The zero-order valence-corrected chi connectivity index (χ0v) is 32.7. The summed E-state index contributed by atoms with van der Waals surface area (Å²) in [6, 6.07) is 23.9. The largest absolute Gasteiger partial charge is 0.354 e. The van der Waals surface area contributed by atoms with Crippen LogP contribution >= 0.6 is 0 Å². The number of nitrogens with one attached hydrogen (secondary N) is 2. The van der Waals surface area contributed by atoms with Gasteiger partial charge in [-0.1, -0.05) is 12.1 Å². The molecule has 4 aliphatic rings. The van der Waals surface area contributed by atoms with Crippen LogP contribution in [0.1, 0.15) is 56.1 Å². The van der Waals surface area contributed by atoms with Crippen molar-refractivity contribution in [2.45, 2.75) is 25.9 Å². The van der Waals surface area contributed by atoms with Crippen molar-refractivity contribution < 1.29 is 18.4 Å². The normalized spacial score (nSPS) is 17.2. The minimum absolute atomic E-state index is 0.0295. The van der Waals surface area contributed by atoms with Gasteiger partial charge in [0.2, 0.25) is 0 Å². The number of nitrogens with zero attached hydrogens (tertiary/aromatic N) is 12. The fourth-order valence-electron chi connectivity index (χ4n) is 8.18. The number of amides is 2. The first-order valence-corrected chi connectivity index (χ1v) is 19.6. The van der Waals surface area contributed by atoms with E-state index in [2.05, 4.69) is 42.9 Å². The molecule has 4 aliphatic heterocycles. The van der Waals surface area contributed by atoms with Crippen LogP contribution < -0.4 is 20.4 Å². The van der Waals surface area contributed by atoms with Gasteiger partial charge in [-0.15, -0.1) is 0 Å². The van der Waals surface area contributed by atoms with E-state index >= 15 is 0 Å². The molecule has 0 saturated carbocycles. The van der Waals surface area contributed by atoms with Crippen LogP contribution in [-0.2, 0) is 13.1 Å². The van der Waals surface area contributed by atoms with Gasteiger partial charge in [0.05, 0.1) is 117 Å². The summed E-state index contributed by atoms with van der Waals surface area (Å²) in [6.07, 6.45) is 5.02. The second kappa shape index (κ2) is 15.9. The van der Waals surface area contributed by atoms with Crippen LogP contribution in [0.15, 0.2) is 73.1 Å². The fraction of sp³-hybridized carbons (Fsp3) is 0.227. The van der Waals surface area contributed by atoms with E-state index in [-0.39, 0.29) is 70.4 Å². The second-order valence-corrected chi connectivity index (χ2v) is 15.0. The molecule has 62 heavy (non-hydrogen) atoms. The molecule has 6 aromatic rings. The fourth-order valence-corrected chi connectivity index (χ4v) is 8.18. The van der Waals surface area contributed by atoms with Gasteiger partial charge in [0.1, 0.15) is 11.6 Å². The van der Waals surface area contributed by atoms with E-state index in [4.69, 9.17) is 10.5 Å². The molecule has 4 aromatic heterocycles. The van der Waals surface area contributed by atoms with E-state index in [0.29, 0.717) is 58.6 Å². The lowest BCUT2D eigenvalue weighted by atomic mass is 10.0. The molecular weight excluding hydrogens is 795 g/mol. The van der Waals surface area contributed by atoms with Crippen molar-refractivity contribution in [3.63, 3.8) is 0 Å². The lowest BCUT2D eigenvalue weighted by Gasteiger charge is -2.14. The quantitative estimate of drug-likeness (QED) is 0.225. The molecule has 16 nitrogen and oxygen atoms in total. The van der Waals surface area contributed by atoms with Crippen molar-refractivity contribution >= 4 is 23.5 Å². The van der Waals surface area contributed by atoms with E-state index in [9.17, 15) is 28.9 Å². The van der Waals surface area contributed by atoms with Gasteiger partial charge >= 0.3 is 0 Å². The number of fused-ring (bicyclic) bond motifs is 2. The Labute approximate surface area is 352 Å². The van der Waals surface area contributed by atoms with Crippen molar-refractivity contribution in [3.8, 4) is 58.2 Å². The van der Waals surface area contributed by atoms with E-state index in [1.165, 1.54) is 36.4 Å². The maximum absolute atomic E-state index is 14.6. The predicted octanol–water partition coefficient (Wildman–Crippen LogP) is 5.08. The summed E-state index contributed by atoms with van der Waals surface area (Å²) in [6.45, 7) is 3.11. The van der Waals surface area contributed by atoms with E-state index in [1.807, 2.05) is 34.1 Å². The highest BCUT2D eigenvalue weighted by Gasteiger charge is 2.31. The maximum atomic E-state index is 14.6. The molecule has 0 aliphatic carbocycles. The van der Waals surface area contributed by atoms with Gasteiger partial charge in [0.25, 0.3) is 11.8 Å². The van der Waals surface area contributed by atoms with Gasteiger partial charge in [-0.25, -0.2) is 28.1 Å². The molecule has 0 radical (unpaired) electrons. The Bertz CT molecular complexity index is 2800. The topological polar surface area (TPSA) is 221 Å². The Hall–Kier alpha value is -8.48. The summed E-state index contributed by atoms with van der Waals surface area (Å²) in [4.78, 5) is 38.0. The molecule has 2 amide bonds. The van der Waals surface area contributed by atoms with Crippen molar-refractivity contribution in [1.29, 1.82) is 21.0 Å². The first-order chi connectivity index (χ1) is 30.2. The monoisotopic (exact) mass is 826 g/mol. The Morgan fingerprint density at radius 1 is 0.613 bits per heavy atom. The third-order valence-electron chi connectivity index (χ3n) is 11.2. The Kier molecular flexibility index (Phi) is 10.0. The third-order valence-corrected chi connectivity index (χ3v) is 11.2. The first kappa shape index (κ1) is 39.0. The standard InChI is InChI=1S/2C22H16FN7O/c2*23-15-3-1-2-14(10-25)20(15)16-8-18(21-17(27-16)11-26-22(21)31)30-7-5-19(28-30)29-6-4-13(9-24)12-29/h2*1-3,5,7-8,13H,4,6,11-12H2,(H,26,31)/t13-;/m1./s1. The first-order valence-electron chi connectivity index (χ1n) is 19.6. The van der Waals surface area contributed by atoms with Crippen LogP contribution in [0.4, 0.5) is 20.4 Å². The number of benzene rings is 2. The highest BCUT2D eigenvalue weighted by atomic mass is 19.1. The van der Waals surface area contributed by atoms with Crippen LogP contribution in [0.5, 0.6) is 0 Å². The molecule has 2 atom stereocenters. The Morgan fingerprint density at radius 2 is 1.05 bits per heavy atom. The smallest absolute Gasteiger partial charge is 0.255 e. The van der Waals surface area contributed by atoms with Gasteiger partial charge in [0.15, 0.2) is 11.6 Å². The number of rotatable bonds is 6. The minimum Gasteiger partial charge on any atom is -0.354 e. The van der Waals surface area contributed by atoms with Crippen molar-refractivity contribution in [2.75, 3.05) is 36.0 Å². The van der Waals surface area contributed by atoms with Crippen LogP contribution in [0, 0.1) is 68.8 Å². The summed E-state index contributed by atoms with van der Waals surface area (Å²) < 4.78 is 32.4. The molecule has 2 N–H and O–H groups in total. The van der Waals surface area contributed by atoms with Gasteiger partial charge in [-0.3, -0.25) is 9.59 Å². The summed E-state index contributed by atoms with van der Waals surface area (Å²) in [5.41, 5.74) is 3.69. The number of carbonyl (C=O) groups is 2. The van der Waals surface area contributed by atoms with Gasteiger partial charge < -0.3 is 20.4 Å². The van der Waals surface area contributed by atoms with Crippen molar-refractivity contribution in [2.24, 2.45) is 11.8 Å².